The van der Waals surface area contributed by atoms with Gasteiger partial charge in [0.2, 0.25) is 0 Å². The summed E-state index contributed by atoms with van der Waals surface area (Å²) in [7, 11) is 0. The van der Waals surface area contributed by atoms with E-state index in [1.54, 1.807) is 11.3 Å². The molecule has 0 aliphatic rings. The lowest BCUT2D eigenvalue weighted by Gasteiger charge is -2.10. The van der Waals surface area contributed by atoms with Crippen LogP contribution in [0.4, 0.5) is 0 Å². The van der Waals surface area contributed by atoms with Gasteiger partial charge in [-0.1, -0.05) is 71.8 Å². The molecular formula is C39H24N2S2. The summed E-state index contributed by atoms with van der Waals surface area (Å²) in [6, 6.07) is 42.2. The lowest BCUT2D eigenvalue weighted by atomic mass is 9.96. The van der Waals surface area contributed by atoms with Gasteiger partial charge in [-0.2, -0.15) is 5.26 Å². The SMILES string of the molecule is Cc1ccc2c(c1)c1cc(C)ccc1n2-c1cccc2c1sc1c(C#N)ccc(-c3ccc4c(c3)sc3ccccc34)c12. The third kappa shape index (κ3) is 3.50. The maximum absolute atomic E-state index is 10.2. The molecule has 0 saturated carbocycles. The van der Waals surface area contributed by atoms with Gasteiger partial charge in [0.15, 0.2) is 0 Å². The van der Waals surface area contributed by atoms with Crippen molar-refractivity contribution in [2.45, 2.75) is 13.8 Å². The van der Waals surface area contributed by atoms with Gasteiger partial charge < -0.3 is 4.57 Å². The van der Waals surface area contributed by atoms with E-state index in [9.17, 15) is 5.26 Å². The van der Waals surface area contributed by atoms with Crippen LogP contribution in [0.5, 0.6) is 0 Å². The van der Waals surface area contributed by atoms with Crippen molar-refractivity contribution in [2.24, 2.45) is 0 Å². The maximum atomic E-state index is 10.2. The Bertz CT molecular complexity index is 2600. The first-order valence-electron chi connectivity index (χ1n) is 14.4. The minimum atomic E-state index is 0.724. The topological polar surface area (TPSA) is 28.7 Å². The molecule has 0 saturated heterocycles. The molecule has 3 heterocycles. The molecule has 43 heavy (non-hydrogen) atoms. The Morgan fingerprint density at radius 1 is 0.581 bits per heavy atom. The zero-order valence-corrected chi connectivity index (χ0v) is 25.2. The van der Waals surface area contributed by atoms with Crippen LogP contribution in [0.3, 0.4) is 0 Å². The second-order valence-corrected chi connectivity index (χ2v) is 13.5. The fourth-order valence-corrected chi connectivity index (χ4v) is 9.23. The van der Waals surface area contributed by atoms with E-state index in [0.717, 1.165) is 21.3 Å². The Morgan fingerprint density at radius 3 is 2.07 bits per heavy atom. The summed E-state index contributed by atoms with van der Waals surface area (Å²) < 4.78 is 7.25. The van der Waals surface area contributed by atoms with Gasteiger partial charge in [0.05, 0.1) is 31.7 Å². The molecule has 0 atom stereocenters. The molecule has 0 amide bonds. The molecule has 0 unspecified atom stereocenters. The van der Waals surface area contributed by atoms with Gasteiger partial charge in [-0.15, -0.1) is 22.7 Å². The molecule has 0 radical (unpaired) electrons. The second-order valence-electron chi connectivity index (χ2n) is 11.4. The van der Waals surface area contributed by atoms with Crippen LogP contribution < -0.4 is 0 Å². The van der Waals surface area contributed by atoms with Gasteiger partial charge >= 0.3 is 0 Å². The van der Waals surface area contributed by atoms with Crippen molar-refractivity contribution in [3.8, 4) is 22.9 Å². The Labute approximate surface area is 256 Å². The number of nitriles is 1. The van der Waals surface area contributed by atoms with Crippen molar-refractivity contribution in [2.75, 3.05) is 0 Å². The van der Waals surface area contributed by atoms with Crippen LogP contribution in [-0.4, -0.2) is 4.57 Å². The van der Waals surface area contributed by atoms with Gasteiger partial charge in [-0.3, -0.25) is 0 Å². The number of hydrogen-bond acceptors (Lipinski definition) is 3. The molecule has 2 nitrogen and oxygen atoms in total. The van der Waals surface area contributed by atoms with Crippen molar-refractivity contribution in [3.05, 3.63) is 126 Å². The van der Waals surface area contributed by atoms with Crippen molar-refractivity contribution in [1.29, 1.82) is 5.26 Å². The summed E-state index contributed by atoms with van der Waals surface area (Å²) in [5.74, 6) is 0. The van der Waals surface area contributed by atoms with Gasteiger partial charge in [-0.05, 0) is 73.5 Å². The summed E-state index contributed by atoms with van der Waals surface area (Å²) in [5, 5.41) is 17.7. The summed E-state index contributed by atoms with van der Waals surface area (Å²) in [5.41, 5.74) is 9.15. The van der Waals surface area contributed by atoms with E-state index >= 15 is 0 Å². The number of hydrogen-bond donors (Lipinski definition) is 0. The molecule has 4 heteroatoms. The minimum Gasteiger partial charge on any atom is -0.308 e. The van der Waals surface area contributed by atoms with Crippen molar-refractivity contribution in [3.63, 3.8) is 0 Å². The van der Waals surface area contributed by atoms with Crippen LogP contribution in [0.1, 0.15) is 16.7 Å². The number of benzene rings is 6. The lowest BCUT2D eigenvalue weighted by Crippen LogP contribution is -1.94. The first-order valence-corrected chi connectivity index (χ1v) is 16.0. The first-order chi connectivity index (χ1) is 21.1. The highest BCUT2D eigenvalue weighted by Gasteiger charge is 2.20. The monoisotopic (exact) mass is 584 g/mol. The van der Waals surface area contributed by atoms with Crippen LogP contribution >= 0.6 is 22.7 Å². The normalized spacial score (nSPS) is 11.9. The molecule has 0 aliphatic heterocycles. The second kappa shape index (κ2) is 9.02. The Balaban J connectivity index is 1.36. The molecule has 0 N–H and O–H groups in total. The van der Waals surface area contributed by atoms with Crippen LogP contribution in [0.2, 0.25) is 0 Å². The molecule has 0 aliphatic carbocycles. The Kier molecular flexibility index (Phi) is 5.17. The predicted molar refractivity (Wildman–Crippen MR) is 186 cm³/mol. The Hall–Kier alpha value is -4.95. The third-order valence-electron chi connectivity index (χ3n) is 8.75. The lowest BCUT2D eigenvalue weighted by molar-refractivity contribution is 1.20. The van der Waals surface area contributed by atoms with Crippen molar-refractivity contribution in [1.82, 2.24) is 4.57 Å². The first kappa shape index (κ1) is 24.6. The molecule has 0 spiro atoms. The van der Waals surface area contributed by atoms with Crippen molar-refractivity contribution < 1.29 is 0 Å². The molecule has 0 fully saturated rings. The Morgan fingerprint density at radius 2 is 1.30 bits per heavy atom. The van der Waals surface area contributed by atoms with Crippen LogP contribution in [-0.2, 0) is 0 Å². The standard InChI is InChI=1S/C39H24N2S2/c1-22-10-16-32-30(18-22)31-19-23(2)11-17-33(31)41(32)34-8-5-7-29-37-26(14-13-25(21-40)38(37)43-39(29)34)24-12-15-28-27-6-3-4-9-35(27)42-36(28)20-24/h3-20H,1-2H3. The highest BCUT2D eigenvalue weighted by molar-refractivity contribution is 7.26. The summed E-state index contributed by atoms with van der Waals surface area (Å²) in [6.07, 6.45) is 0. The van der Waals surface area contributed by atoms with E-state index < -0.39 is 0 Å². The smallest absolute Gasteiger partial charge is 0.101 e. The number of thiophene rings is 2. The summed E-state index contributed by atoms with van der Waals surface area (Å²) >= 11 is 3.58. The number of rotatable bonds is 2. The number of nitrogens with zero attached hydrogens (tertiary/aromatic N) is 2. The number of aryl methyl sites for hydroxylation is 2. The van der Waals surface area contributed by atoms with Gasteiger partial charge in [0.1, 0.15) is 6.07 Å². The summed E-state index contributed by atoms with van der Waals surface area (Å²) in [4.78, 5) is 0. The van der Waals surface area contributed by atoms with Gasteiger partial charge in [-0.25, -0.2) is 0 Å². The highest BCUT2D eigenvalue weighted by atomic mass is 32.1. The molecule has 3 aromatic heterocycles. The average molecular weight is 585 g/mol. The minimum absolute atomic E-state index is 0.724. The fourth-order valence-electron chi connectivity index (χ4n) is 6.80. The average Bonchev–Trinajstić information content (AvgIpc) is 3.70. The molecule has 9 rings (SSSR count). The molecule has 6 aromatic carbocycles. The fraction of sp³-hybridized carbons (Fsp3) is 0.0513. The molecule has 9 aromatic rings. The number of aromatic nitrogens is 1. The molecular weight excluding hydrogens is 561 g/mol. The van der Waals surface area contributed by atoms with Crippen LogP contribution in [0.15, 0.2) is 109 Å². The third-order valence-corrected chi connectivity index (χ3v) is 11.1. The zero-order valence-electron chi connectivity index (χ0n) is 23.6. The van der Waals surface area contributed by atoms with E-state index in [-0.39, 0.29) is 0 Å². The molecule has 202 valence electrons. The highest BCUT2D eigenvalue weighted by Crippen LogP contribution is 2.46. The van der Waals surface area contributed by atoms with Crippen LogP contribution in [0.25, 0.3) is 79.0 Å². The quantitative estimate of drug-likeness (QED) is 0.199. The maximum Gasteiger partial charge on any atom is 0.101 e. The predicted octanol–water partition coefficient (Wildman–Crippen LogP) is 11.7. The van der Waals surface area contributed by atoms with E-state index in [4.69, 9.17) is 0 Å². The zero-order chi connectivity index (χ0) is 28.8. The van der Waals surface area contributed by atoms with Crippen molar-refractivity contribution >= 4 is 84.8 Å². The van der Waals surface area contributed by atoms with E-state index in [1.807, 2.05) is 17.4 Å². The van der Waals surface area contributed by atoms with E-state index in [0.29, 0.717) is 0 Å². The van der Waals surface area contributed by atoms with Gasteiger partial charge in [0, 0.05) is 41.7 Å². The van der Waals surface area contributed by atoms with E-state index in [2.05, 4.69) is 128 Å². The largest absolute Gasteiger partial charge is 0.308 e. The van der Waals surface area contributed by atoms with Crippen LogP contribution in [0, 0.1) is 25.2 Å². The summed E-state index contributed by atoms with van der Waals surface area (Å²) in [6.45, 7) is 4.32. The molecule has 0 bridgehead atoms. The van der Waals surface area contributed by atoms with E-state index in [1.165, 1.54) is 74.3 Å². The van der Waals surface area contributed by atoms with Gasteiger partial charge in [0.25, 0.3) is 0 Å². The number of fused-ring (bicyclic) bond motifs is 9.